The summed E-state index contributed by atoms with van der Waals surface area (Å²) in [5, 5.41) is 32.9. The molecular weight excluding hydrogens is 457 g/mol. The van der Waals surface area contributed by atoms with E-state index in [1.807, 2.05) is 27.7 Å². The number of hydrogen-bond donors (Lipinski definition) is 3. The van der Waals surface area contributed by atoms with E-state index < -0.39 is 12.9 Å². The number of aromatic hydroxyl groups is 1. The monoisotopic (exact) mass is 486 g/mol. The maximum atomic E-state index is 15.4. The van der Waals surface area contributed by atoms with Crippen molar-refractivity contribution in [1.29, 1.82) is 0 Å². The maximum Gasteiger partial charge on any atom is 0.488 e. The van der Waals surface area contributed by atoms with E-state index in [0.29, 0.717) is 40.3 Å². The molecule has 0 radical (unpaired) electrons. The summed E-state index contributed by atoms with van der Waals surface area (Å²) in [5.41, 5.74) is 3.19. The number of benzene rings is 4. The zero-order valence-electron chi connectivity index (χ0n) is 20.9. The lowest BCUT2D eigenvalue weighted by Crippen LogP contribution is -2.30. The summed E-state index contributed by atoms with van der Waals surface area (Å²) in [5.74, 6) is 1.49. The van der Waals surface area contributed by atoms with Gasteiger partial charge in [-0.3, -0.25) is 0 Å². The second-order valence-electron chi connectivity index (χ2n) is 9.72. The fourth-order valence-electron chi connectivity index (χ4n) is 5.26. The molecule has 0 amide bonds. The Kier molecular flexibility index (Phi) is 7.09. The van der Waals surface area contributed by atoms with Crippen LogP contribution in [0, 0.1) is 24.0 Å². The molecule has 4 rings (SSSR count). The lowest BCUT2D eigenvalue weighted by Gasteiger charge is -2.22. The molecule has 0 aromatic heterocycles. The highest BCUT2D eigenvalue weighted by Crippen LogP contribution is 2.38. The minimum absolute atomic E-state index is 0.0739. The summed E-state index contributed by atoms with van der Waals surface area (Å²) >= 11 is 0. The second kappa shape index (κ2) is 9.93. The normalized spacial score (nSPS) is 12.3. The van der Waals surface area contributed by atoms with Gasteiger partial charge in [-0.1, -0.05) is 51.8 Å². The predicted molar refractivity (Wildman–Crippen MR) is 143 cm³/mol. The highest BCUT2D eigenvalue weighted by Gasteiger charge is 2.23. The van der Waals surface area contributed by atoms with Gasteiger partial charge in [-0.05, 0) is 92.8 Å². The van der Waals surface area contributed by atoms with Crippen molar-refractivity contribution in [2.75, 3.05) is 0 Å². The molecule has 0 saturated heterocycles. The van der Waals surface area contributed by atoms with Crippen molar-refractivity contribution in [2.45, 2.75) is 52.4 Å². The molecule has 3 N–H and O–H groups in total. The first-order chi connectivity index (χ1) is 17.1. The van der Waals surface area contributed by atoms with Gasteiger partial charge in [0.2, 0.25) is 0 Å². The molecule has 36 heavy (non-hydrogen) atoms. The number of aryl methyl sites for hydroxylation is 1. The molecule has 1 atom stereocenters. The Morgan fingerprint density at radius 1 is 0.944 bits per heavy atom. The van der Waals surface area contributed by atoms with E-state index in [9.17, 15) is 19.5 Å². The third-order valence-electron chi connectivity index (χ3n) is 6.99. The van der Waals surface area contributed by atoms with Crippen LogP contribution in [0.5, 0.6) is 5.75 Å². The van der Waals surface area contributed by atoms with Crippen LogP contribution in [0.3, 0.4) is 0 Å². The Morgan fingerprint density at radius 2 is 1.67 bits per heavy atom. The van der Waals surface area contributed by atoms with Gasteiger partial charge in [0.25, 0.3) is 0 Å². The van der Waals surface area contributed by atoms with Crippen molar-refractivity contribution < 1.29 is 23.9 Å². The fraction of sp³-hybridized carbons (Fsp3) is 0.267. The predicted octanol–water partition coefficient (Wildman–Crippen LogP) is 5.67. The maximum absolute atomic E-state index is 15.4. The van der Waals surface area contributed by atoms with E-state index in [-0.39, 0.29) is 34.4 Å². The topological polar surface area (TPSA) is 60.7 Å². The standard InChI is InChI=1S/C30H29BF2O3/c1-6-22-27(32)9-8-18-11-20(31(35)36)13-25(29(18)22)17(5)10-19-12-28(33)23(7-2)30-24(16(3)4)14-21(34)15-26(19)30/h1,8-9,11-17,34-36H,7,10H2,2-5H3/t17-/m0/s1. The molecule has 0 fully saturated rings. The average Bonchev–Trinajstić information content (AvgIpc) is 2.83. The molecule has 0 spiro atoms. The molecule has 0 aliphatic rings. The van der Waals surface area contributed by atoms with E-state index in [0.717, 1.165) is 16.3 Å². The van der Waals surface area contributed by atoms with Crippen LogP contribution in [0.2, 0.25) is 0 Å². The van der Waals surface area contributed by atoms with Gasteiger partial charge in [-0.2, -0.15) is 0 Å². The van der Waals surface area contributed by atoms with Gasteiger partial charge in [0.05, 0.1) is 5.56 Å². The molecule has 3 nitrogen and oxygen atoms in total. The molecule has 4 aromatic rings. The van der Waals surface area contributed by atoms with Crippen LogP contribution in [-0.4, -0.2) is 22.3 Å². The lowest BCUT2D eigenvalue weighted by atomic mass is 9.75. The summed E-state index contributed by atoms with van der Waals surface area (Å²) in [6, 6.07) is 10.9. The zero-order chi connectivity index (χ0) is 26.3. The van der Waals surface area contributed by atoms with Gasteiger partial charge in [0.1, 0.15) is 17.4 Å². The van der Waals surface area contributed by atoms with Gasteiger partial charge in [-0.15, -0.1) is 6.42 Å². The van der Waals surface area contributed by atoms with Crippen molar-refractivity contribution in [3.8, 4) is 18.1 Å². The quantitative estimate of drug-likeness (QED) is 0.243. The van der Waals surface area contributed by atoms with E-state index in [4.69, 9.17) is 6.42 Å². The third kappa shape index (κ3) is 4.45. The molecule has 0 heterocycles. The van der Waals surface area contributed by atoms with Crippen molar-refractivity contribution in [1.82, 2.24) is 0 Å². The van der Waals surface area contributed by atoms with Crippen LogP contribution in [0.25, 0.3) is 21.5 Å². The number of phenols is 1. The largest absolute Gasteiger partial charge is 0.508 e. The molecule has 0 saturated carbocycles. The molecule has 0 unspecified atom stereocenters. The minimum Gasteiger partial charge on any atom is -0.508 e. The molecular formula is C30H29BF2O3. The Bertz CT molecular complexity index is 1520. The lowest BCUT2D eigenvalue weighted by molar-refractivity contribution is 0.425. The fourth-order valence-corrected chi connectivity index (χ4v) is 5.26. The number of rotatable bonds is 6. The Hall–Kier alpha value is -3.40. The highest BCUT2D eigenvalue weighted by molar-refractivity contribution is 6.59. The Morgan fingerprint density at radius 3 is 2.28 bits per heavy atom. The Labute approximate surface area is 210 Å². The number of terminal acetylenes is 1. The summed E-state index contributed by atoms with van der Waals surface area (Å²) in [4.78, 5) is 0. The van der Waals surface area contributed by atoms with Gasteiger partial charge < -0.3 is 15.2 Å². The molecule has 184 valence electrons. The summed E-state index contributed by atoms with van der Waals surface area (Å²) < 4.78 is 30.0. The Balaban J connectivity index is 1.97. The van der Waals surface area contributed by atoms with E-state index in [2.05, 4.69) is 5.92 Å². The number of hydrogen-bond acceptors (Lipinski definition) is 3. The van der Waals surface area contributed by atoms with Crippen LogP contribution < -0.4 is 5.46 Å². The molecule has 0 aliphatic carbocycles. The van der Waals surface area contributed by atoms with Crippen molar-refractivity contribution in [3.63, 3.8) is 0 Å². The molecule has 0 bridgehead atoms. The third-order valence-corrected chi connectivity index (χ3v) is 6.99. The first kappa shape index (κ1) is 25.7. The first-order valence-electron chi connectivity index (χ1n) is 12.1. The smallest absolute Gasteiger partial charge is 0.488 e. The van der Waals surface area contributed by atoms with Gasteiger partial charge in [0, 0.05) is 5.39 Å². The SMILES string of the molecule is C#Cc1c(F)ccc2cc(B(O)O)cc([C@@H](C)Cc3cc(F)c(CC)c4c(C(C)C)cc(O)cc34)c12. The summed E-state index contributed by atoms with van der Waals surface area (Å²) in [6.45, 7) is 7.84. The van der Waals surface area contributed by atoms with E-state index >= 15 is 4.39 Å². The number of halogens is 2. The van der Waals surface area contributed by atoms with Crippen LogP contribution in [0.4, 0.5) is 8.78 Å². The van der Waals surface area contributed by atoms with Gasteiger partial charge in [0.15, 0.2) is 0 Å². The summed E-state index contributed by atoms with van der Waals surface area (Å²) in [6.07, 6.45) is 6.53. The van der Waals surface area contributed by atoms with Crippen LogP contribution in [0.1, 0.15) is 67.3 Å². The highest BCUT2D eigenvalue weighted by atomic mass is 19.1. The molecule has 6 heteroatoms. The second-order valence-corrected chi connectivity index (χ2v) is 9.72. The van der Waals surface area contributed by atoms with Crippen LogP contribution in [-0.2, 0) is 12.8 Å². The molecule has 4 aromatic carbocycles. The first-order valence-corrected chi connectivity index (χ1v) is 12.1. The van der Waals surface area contributed by atoms with E-state index in [1.165, 1.54) is 12.1 Å². The molecule has 0 aliphatic heterocycles. The summed E-state index contributed by atoms with van der Waals surface area (Å²) in [7, 11) is -1.72. The van der Waals surface area contributed by atoms with Crippen molar-refractivity contribution in [2.24, 2.45) is 0 Å². The van der Waals surface area contributed by atoms with Gasteiger partial charge in [-0.25, -0.2) is 8.78 Å². The van der Waals surface area contributed by atoms with Crippen LogP contribution >= 0.6 is 0 Å². The van der Waals surface area contributed by atoms with Crippen molar-refractivity contribution >= 4 is 34.1 Å². The minimum atomic E-state index is -1.72. The number of phenolic OH excluding ortho intramolecular Hbond substituents is 1. The van der Waals surface area contributed by atoms with Gasteiger partial charge >= 0.3 is 7.12 Å². The zero-order valence-corrected chi connectivity index (χ0v) is 20.9. The van der Waals surface area contributed by atoms with E-state index in [1.54, 1.807) is 30.3 Å². The average molecular weight is 486 g/mol. The number of fused-ring (bicyclic) bond motifs is 2. The van der Waals surface area contributed by atoms with Crippen molar-refractivity contribution in [3.05, 3.63) is 81.9 Å². The van der Waals surface area contributed by atoms with Crippen LogP contribution in [0.15, 0.2) is 42.5 Å².